The summed E-state index contributed by atoms with van der Waals surface area (Å²) < 4.78 is 0. The Morgan fingerprint density at radius 3 is 2.86 bits per heavy atom. The molecule has 2 aromatic heterocycles. The first-order chi connectivity index (χ1) is 6.77. The molecule has 72 valence electrons. The van der Waals surface area contributed by atoms with Crippen molar-refractivity contribution in [1.29, 1.82) is 0 Å². The SMILES string of the molecule is CC(C)c1ccnc(-c2cn[nH]c2)n1. The molecule has 2 rings (SSSR count). The highest BCUT2D eigenvalue weighted by molar-refractivity contribution is 5.51. The van der Waals surface area contributed by atoms with Crippen molar-refractivity contribution in [2.45, 2.75) is 19.8 Å². The Morgan fingerprint density at radius 1 is 1.36 bits per heavy atom. The molecule has 0 aromatic carbocycles. The Bertz CT molecular complexity index is 406. The summed E-state index contributed by atoms with van der Waals surface area (Å²) in [7, 11) is 0. The van der Waals surface area contributed by atoms with Gasteiger partial charge in [-0.1, -0.05) is 13.8 Å². The molecule has 1 N–H and O–H groups in total. The predicted molar refractivity (Wildman–Crippen MR) is 53.7 cm³/mol. The lowest BCUT2D eigenvalue weighted by atomic mass is 10.1. The first-order valence-electron chi connectivity index (χ1n) is 4.59. The van der Waals surface area contributed by atoms with Crippen LogP contribution in [0, 0.1) is 0 Å². The molecular formula is C10H12N4. The van der Waals surface area contributed by atoms with Crippen LogP contribution in [0.5, 0.6) is 0 Å². The topological polar surface area (TPSA) is 54.5 Å². The van der Waals surface area contributed by atoms with E-state index in [9.17, 15) is 0 Å². The lowest BCUT2D eigenvalue weighted by molar-refractivity contribution is 0.817. The van der Waals surface area contributed by atoms with Crippen molar-refractivity contribution < 1.29 is 0 Å². The van der Waals surface area contributed by atoms with E-state index in [1.165, 1.54) is 0 Å². The smallest absolute Gasteiger partial charge is 0.162 e. The Balaban J connectivity index is 2.41. The van der Waals surface area contributed by atoms with Gasteiger partial charge < -0.3 is 0 Å². The molecule has 0 saturated heterocycles. The van der Waals surface area contributed by atoms with Crippen LogP contribution in [0.2, 0.25) is 0 Å². The van der Waals surface area contributed by atoms with Gasteiger partial charge in [-0.3, -0.25) is 5.10 Å². The van der Waals surface area contributed by atoms with Crippen molar-refractivity contribution in [1.82, 2.24) is 20.2 Å². The molecule has 0 spiro atoms. The molecule has 0 saturated carbocycles. The van der Waals surface area contributed by atoms with Crippen LogP contribution in [0.1, 0.15) is 25.5 Å². The highest BCUT2D eigenvalue weighted by Crippen LogP contribution is 2.16. The monoisotopic (exact) mass is 188 g/mol. The van der Waals surface area contributed by atoms with Crippen molar-refractivity contribution in [3.63, 3.8) is 0 Å². The molecule has 4 heteroatoms. The number of H-pyrrole nitrogens is 1. The molecule has 0 bridgehead atoms. The van der Waals surface area contributed by atoms with E-state index in [0.29, 0.717) is 5.92 Å². The van der Waals surface area contributed by atoms with E-state index in [1.807, 2.05) is 6.07 Å². The second kappa shape index (κ2) is 3.57. The van der Waals surface area contributed by atoms with Crippen LogP contribution in [-0.4, -0.2) is 20.2 Å². The number of nitrogens with zero attached hydrogens (tertiary/aromatic N) is 3. The summed E-state index contributed by atoms with van der Waals surface area (Å²) in [6, 6.07) is 1.94. The van der Waals surface area contributed by atoms with Gasteiger partial charge in [0.25, 0.3) is 0 Å². The van der Waals surface area contributed by atoms with E-state index >= 15 is 0 Å². The maximum absolute atomic E-state index is 4.44. The number of nitrogens with one attached hydrogen (secondary N) is 1. The van der Waals surface area contributed by atoms with Crippen molar-refractivity contribution in [2.24, 2.45) is 0 Å². The third-order valence-corrected chi connectivity index (χ3v) is 2.03. The first-order valence-corrected chi connectivity index (χ1v) is 4.59. The Hall–Kier alpha value is -1.71. The zero-order valence-electron chi connectivity index (χ0n) is 8.23. The molecule has 2 heterocycles. The molecule has 4 nitrogen and oxygen atoms in total. The van der Waals surface area contributed by atoms with Gasteiger partial charge in [0.1, 0.15) is 0 Å². The first kappa shape index (κ1) is 8.87. The van der Waals surface area contributed by atoms with Gasteiger partial charge in [-0.2, -0.15) is 5.10 Å². The maximum Gasteiger partial charge on any atom is 0.162 e. The minimum absolute atomic E-state index is 0.420. The van der Waals surface area contributed by atoms with E-state index in [4.69, 9.17) is 0 Å². The van der Waals surface area contributed by atoms with Gasteiger partial charge in [0.15, 0.2) is 5.82 Å². The van der Waals surface area contributed by atoms with Gasteiger partial charge >= 0.3 is 0 Å². The number of rotatable bonds is 2. The van der Waals surface area contributed by atoms with Gasteiger partial charge in [-0.05, 0) is 12.0 Å². The fraction of sp³-hybridized carbons (Fsp3) is 0.300. The van der Waals surface area contributed by atoms with Crippen LogP contribution in [0.3, 0.4) is 0 Å². The van der Waals surface area contributed by atoms with Gasteiger partial charge in [-0.15, -0.1) is 0 Å². The summed E-state index contributed by atoms with van der Waals surface area (Å²) in [5.74, 6) is 1.15. The normalized spacial score (nSPS) is 10.8. The minimum atomic E-state index is 0.420. The third-order valence-electron chi connectivity index (χ3n) is 2.03. The zero-order valence-corrected chi connectivity index (χ0v) is 8.23. The fourth-order valence-electron chi connectivity index (χ4n) is 1.21. The van der Waals surface area contributed by atoms with Gasteiger partial charge in [-0.25, -0.2) is 9.97 Å². The second-order valence-electron chi connectivity index (χ2n) is 3.45. The average Bonchev–Trinajstić information content (AvgIpc) is 2.71. The van der Waals surface area contributed by atoms with Crippen molar-refractivity contribution in [3.8, 4) is 11.4 Å². The van der Waals surface area contributed by atoms with Gasteiger partial charge in [0.05, 0.1) is 11.8 Å². The summed E-state index contributed by atoms with van der Waals surface area (Å²) in [5, 5.41) is 6.61. The van der Waals surface area contributed by atoms with E-state index < -0.39 is 0 Å². The molecule has 0 fully saturated rings. The Labute approximate surface area is 82.4 Å². The summed E-state index contributed by atoms with van der Waals surface area (Å²) >= 11 is 0. The minimum Gasteiger partial charge on any atom is -0.285 e. The maximum atomic E-state index is 4.44. The number of hydrogen-bond donors (Lipinski definition) is 1. The van der Waals surface area contributed by atoms with Crippen LogP contribution in [0.25, 0.3) is 11.4 Å². The average molecular weight is 188 g/mol. The van der Waals surface area contributed by atoms with Gasteiger partial charge in [0.2, 0.25) is 0 Å². The van der Waals surface area contributed by atoms with Crippen molar-refractivity contribution in [2.75, 3.05) is 0 Å². The van der Waals surface area contributed by atoms with Crippen LogP contribution in [-0.2, 0) is 0 Å². The number of hydrogen-bond acceptors (Lipinski definition) is 3. The van der Waals surface area contributed by atoms with Crippen molar-refractivity contribution >= 4 is 0 Å². The number of aromatic nitrogens is 4. The molecule has 0 amide bonds. The largest absolute Gasteiger partial charge is 0.285 e. The fourth-order valence-corrected chi connectivity index (χ4v) is 1.21. The van der Waals surface area contributed by atoms with E-state index in [0.717, 1.165) is 17.1 Å². The molecule has 0 aliphatic heterocycles. The van der Waals surface area contributed by atoms with Gasteiger partial charge in [0, 0.05) is 18.1 Å². The summed E-state index contributed by atoms with van der Waals surface area (Å²) in [6.45, 7) is 4.23. The predicted octanol–water partition coefficient (Wildman–Crippen LogP) is 1.99. The highest BCUT2D eigenvalue weighted by atomic mass is 15.1. The van der Waals surface area contributed by atoms with E-state index in [2.05, 4.69) is 34.0 Å². The van der Waals surface area contributed by atoms with Crippen LogP contribution < -0.4 is 0 Å². The van der Waals surface area contributed by atoms with E-state index in [-0.39, 0.29) is 0 Å². The molecular weight excluding hydrogens is 176 g/mol. The summed E-state index contributed by atoms with van der Waals surface area (Å²) in [4.78, 5) is 8.64. The van der Waals surface area contributed by atoms with Crippen LogP contribution >= 0.6 is 0 Å². The third kappa shape index (κ3) is 1.64. The molecule has 0 aliphatic rings. The second-order valence-corrected chi connectivity index (χ2v) is 3.45. The molecule has 14 heavy (non-hydrogen) atoms. The zero-order chi connectivity index (χ0) is 9.97. The lowest BCUT2D eigenvalue weighted by Gasteiger charge is -2.04. The lowest BCUT2D eigenvalue weighted by Crippen LogP contribution is -1.95. The van der Waals surface area contributed by atoms with Crippen LogP contribution in [0.15, 0.2) is 24.7 Å². The van der Waals surface area contributed by atoms with Crippen molar-refractivity contribution in [3.05, 3.63) is 30.4 Å². The molecule has 0 radical (unpaired) electrons. The quantitative estimate of drug-likeness (QED) is 0.784. The number of aromatic amines is 1. The molecule has 2 aromatic rings. The molecule has 0 atom stereocenters. The summed E-state index contributed by atoms with van der Waals surface area (Å²) in [6.07, 6.45) is 5.30. The Morgan fingerprint density at radius 2 is 2.21 bits per heavy atom. The van der Waals surface area contributed by atoms with Crippen LogP contribution in [0.4, 0.5) is 0 Å². The van der Waals surface area contributed by atoms with E-state index in [1.54, 1.807) is 18.6 Å². The molecule has 0 aliphatic carbocycles. The molecule has 0 unspecified atom stereocenters. The highest BCUT2D eigenvalue weighted by Gasteiger charge is 2.05. The Kier molecular flexibility index (Phi) is 2.26. The standard InChI is InChI=1S/C10H12N4/c1-7(2)9-3-4-11-10(14-9)8-5-12-13-6-8/h3-7H,1-2H3,(H,12,13). The summed E-state index contributed by atoms with van der Waals surface area (Å²) in [5.41, 5.74) is 1.98.